The normalized spacial score (nSPS) is 9.45. The molecule has 0 N–H and O–H groups in total. The van der Waals surface area contributed by atoms with Gasteiger partial charge in [0.15, 0.2) is 0 Å². The van der Waals surface area contributed by atoms with E-state index >= 15 is 0 Å². The Balaban J connectivity index is 0. The van der Waals surface area contributed by atoms with E-state index in [2.05, 4.69) is 20.8 Å². The molecule has 0 saturated carbocycles. The maximum absolute atomic E-state index is 10.1. The molecule has 0 atom stereocenters. The molecule has 0 amide bonds. The maximum atomic E-state index is 10.1. The monoisotopic (exact) mass is 158 g/mol. The molecule has 68 valence electrons. The number of carbonyl (C=O) groups excluding carboxylic acids is 1. The third-order valence-electron chi connectivity index (χ3n) is 1.63. The predicted octanol–water partition coefficient (Wildman–Crippen LogP) is 3.28. The molecule has 0 heterocycles. The summed E-state index contributed by atoms with van der Waals surface area (Å²) in [4.78, 5) is 10.1. The Kier molecular flexibility index (Phi) is 9.38. The molecule has 0 bridgehead atoms. The van der Waals surface area contributed by atoms with E-state index in [0.29, 0.717) is 0 Å². The Labute approximate surface area is 71.2 Å². The molecule has 0 saturated heterocycles. The summed E-state index contributed by atoms with van der Waals surface area (Å²) in [6.07, 6.45) is 1.31. The molecule has 0 radical (unpaired) electrons. The smallest absolute Gasteiger partial charge is 0.132 e. The summed E-state index contributed by atoms with van der Waals surface area (Å²) in [7, 11) is 0. The summed E-state index contributed by atoms with van der Waals surface area (Å²) in [5.74, 6) is 1.36. The van der Waals surface area contributed by atoms with E-state index < -0.39 is 0 Å². The highest BCUT2D eigenvalue weighted by molar-refractivity contribution is 5.77. The summed E-state index contributed by atoms with van der Waals surface area (Å²) >= 11 is 0. The van der Waals surface area contributed by atoms with Crippen molar-refractivity contribution in [1.82, 2.24) is 0 Å². The van der Waals surface area contributed by atoms with E-state index in [1.54, 1.807) is 6.92 Å². The van der Waals surface area contributed by atoms with Gasteiger partial charge in [0.25, 0.3) is 0 Å². The van der Waals surface area contributed by atoms with E-state index in [1.165, 1.54) is 6.42 Å². The van der Waals surface area contributed by atoms with Crippen LogP contribution in [-0.2, 0) is 4.79 Å². The van der Waals surface area contributed by atoms with Crippen LogP contribution in [0.15, 0.2) is 0 Å². The van der Waals surface area contributed by atoms with Gasteiger partial charge in [-0.15, -0.1) is 0 Å². The molecular formula is C10H22O. The molecule has 11 heavy (non-hydrogen) atoms. The van der Waals surface area contributed by atoms with Crippen molar-refractivity contribution in [2.45, 2.75) is 48.0 Å². The molecule has 0 aromatic carbocycles. The van der Waals surface area contributed by atoms with Gasteiger partial charge in [-0.05, 0) is 12.8 Å². The van der Waals surface area contributed by atoms with E-state index in [9.17, 15) is 4.79 Å². The van der Waals surface area contributed by atoms with Crippen LogP contribution in [0.1, 0.15) is 48.0 Å². The van der Waals surface area contributed by atoms with Crippen molar-refractivity contribution in [3.63, 3.8) is 0 Å². The van der Waals surface area contributed by atoms with Crippen molar-refractivity contribution >= 4 is 5.78 Å². The Hall–Kier alpha value is -0.330. The van der Waals surface area contributed by atoms with Gasteiger partial charge in [0, 0.05) is 5.92 Å². The fraction of sp³-hybridized carbons (Fsp3) is 0.900. The first-order valence-electron chi connectivity index (χ1n) is 4.42. The predicted molar refractivity (Wildman–Crippen MR) is 50.6 cm³/mol. The highest BCUT2D eigenvalue weighted by atomic mass is 16.1. The minimum Gasteiger partial charge on any atom is -0.300 e. The summed E-state index contributed by atoms with van der Waals surface area (Å²) in [6.45, 7) is 12.0. The molecule has 1 heteroatoms. The molecule has 1 nitrogen and oxygen atoms in total. The Morgan fingerprint density at radius 3 is 1.36 bits per heavy atom. The van der Waals surface area contributed by atoms with Gasteiger partial charge in [-0.25, -0.2) is 0 Å². The van der Waals surface area contributed by atoms with Crippen LogP contribution in [0.4, 0.5) is 0 Å². The van der Waals surface area contributed by atoms with Crippen molar-refractivity contribution in [2.75, 3.05) is 0 Å². The van der Waals surface area contributed by atoms with E-state index in [-0.39, 0.29) is 11.7 Å². The zero-order valence-corrected chi connectivity index (χ0v) is 8.77. The average Bonchev–Trinajstić information content (AvgIpc) is 1.89. The number of carbonyl (C=O) groups is 1. The van der Waals surface area contributed by atoms with Crippen molar-refractivity contribution < 1.29 is 4.79 Å². The average molecular weight is 158 g/mol. The van der Waals surface area contributed by atoms with Crippen molar-refractivity contribution in [2.24, 2.45) is 11.8 Å². The summed E-state index contributed by atoms with van der Waals surface area (Å²) in [5.41, 5.74) is 0. The van der Waals surface area contributed by atoms with Gasteiger partial charge in [-0.3, -0.25) is 4.79 Å². The molecule has 0 aliphatic carbocycles. The standard InChI is InChI=1S/C5H10O.C5H12/c1-4(2)5(3)6;1-4-5(2)3/h4H,1-3H3;5H,4H2,1-3H3. The first-order valence-corrected chi connectivity index (χ1v) is 4.42. The number of Topliss-reactive ketones (excluding diaryl/α,β-unsaturated/α-hetero) is 1. The maximum Gasteiger partial charge on any atom is 0.132 e. The van der Waals surface area contributed by atoms with Gasteiger partial charge >= 0.3 is 0 Å². The molecule has 0 fully saturated rings. The van der Waals surface area contributed by atoms with Gasteiger partial charge in [0.2, 0.25) is 0 Å². The fourth-order valence-electron chi connectivity index (χ4n) is 0. The van der Waals surface area contributed by atoms with E-state index in [1.807, 2.05) is 13.8 Å². The first kappa shape index (κ1) is 13.3. The van der Waals surface area contributed by atoms with Crippen LogP contribution in [0.25, 0.3) is 0 Å². The summed E-state index contributed by atoms with van der Waals surface area (Å²) < 4.78 is 0. The number of hydrogen-bond donors (Lipinski definition) is 0. The largest absolute Gasteiger partial charge is 0.300 e. The second kappa shape index (κ2) is 7.77. The van der Waals surface area contributed by atoms with E-state index in [0.717, 1.165) is 5.92 Å². The number of hydrogen-bond acceptors (Lipinski definition) is 1. The van der Waals surface area contributed by atoms with Crippen LogP contribution in [0.3, 0.4) is 0 Å². The lowest BCUT2D eigenvalue weighted by Gasteiger charge is -1.90. The third-order valence-corrected chi connectivity index (χ3v) is 1.63. The lowest BCUT2D eigenvalue weighted by Crippen LogP contribution is -1.98. The van der Waals surface area contributed by atoms with Crippen LogP contribution in [0.2, 0.25) is 0 Å². The topological polar surface area (TPSA) is 17.1 Å². The van der Waals surface area contributed by atoms with Crippen LogP contribution >= 0.6 is 0 Å². The zero-order valence-electron chi connectivity index (χ0n) is 8.77. The highest BCUT2D eigenvalue weighted by Crippen LogP contribution is 1.93. The number of rotatable bonds is 2. The van der Waals surface area contributed by atoms with Gasteiger partial charge in [0.1, 0.15) is 5.78 Å². The minimum absolute atomic E-state index is 0.213. The highest BCUT2D eigenvalue weighted by Gasteiger charge is 1.95. The van der Waals surface area contributed by atoms with Gasteiger partial charge in [-0.2, -0.15) is 0 Å². The SMILES string of the molecule is CC(=O)C(C)C.CCC(C)C. The lowest BCUT2D eigenvalue weighted by atomic mass is 10.1. The summed E-state index contributed by atoms with van der Waals surface area (Å²) in [5, 5.41) is 0. The first-order chi connectivity index (χ1) is 4.91. The Morgan fingerprint density at radius 1 is 1.18 bits per heavy atom. The Morgan fingerprint density at radius 2 is 1.36 bits per heavy atom. The quantitative estimate of drug-likeness (QED) is 0.602. The minimum atomic E-state index is 0.213. The lowest BCUT2D eigenvalue weighted by molar-refractivity contribution is -0.119. The number of ketones is 1. The van der Waals surface area contributed by atoms with Gasteiger partial charge in [-0.1, -0.05) is 41.0 Å². The molecule has 0 aromatic rings. The van der Waals surface area contributed by atoms with Crippen LogP contribution < -0.4 is 0 Å². The molecule has 0 spiro atoms. The van der Waals surface area contributed by atoms with Crippen LogP contribution in [0.5, 0.6) is 0 Å². The molecule has 0 rings (SSSR count). The second-order valence-corrected chi connectivity index (χ2v) is 3.57. The van der Waals surface area contributed by atoms with Crippen LogP contribution in [-0.4, -0.2) is 5.78 Å². The van der Waals surface area contributed by atoms with Crippen molar-refractivity contribution in [3.8, 4) is 0 Å². The third kappa shape index (κ3) is 17.7. The summed E-state index contributed by atoms with van der Waals surface area (Å²) in [6, 6.07) is 0. The molecular weight excluding hydrogens is 136 g/mol. The Bertz CT molecular complexity index is 93.0. The fourth-order valence-corrected chi connectivity index (χ4v) is 0. The van der Waals surface area contributed by atoms with Crippen molar-refractivity contribution in [1.29, 1.82) is 0 Å². The second-order valence-electron chi connectivity index (χ2n) is 3.57. The molecule has 0 aliphatic heterocycles. The van der Waals surface area contributed by atoms with E-state index in [4.69, 9.17) is 0 Å². The zero-order chi connectivity index (χ0) is 9.44. The van der Waals surface area contributed by atoms with Crippen LogP contribution in [0, 0.1) is 11.8 Å². The molecule has 0 aliphatic rings. The molecule has 0 aromatic heterocycles. The van der Waals surface area contributed by atoms with Gasteiger partial charge in [0.05, 0.1) is 0 Å². The van der Waals surface area contributed by atoms with Crippen molar-refractivity contribution in [3.05, 3.63) is 0 Å². The molecule has 0 unspecified atom stereocenters. The van der Waals surface area contributed by atoms with Gasteiger partial charge < -0.3 is 0 Å².